The lowest BCUT2D eigenvalue weighted by molar-refractivity contribution is 0.0929. The fourth-order valence-electron chi connectivity index (χ4n) is 6.25. The fraction of sp³-hybridized carbons (Fsp3) is 0.438. The quantitative estimate of drug-likeness (QED) is 0.389. The number of aryl methyl sites for hydroxylation is 2. The van der Waals surface area contributed by atoms with Crippen LogP contribution in [0.2, 0.25) is 0 Å². The van der Waals surface area contributed by atoms with Crippen molar-refractivity contribution < 1.29 is 4.79 Å². The van der Waals surface area contributed by atoms with E-state index in [1.54, 1.807) is 6.20 Å². The Labute approximate surface area is 248 Å². The van der Waals surface area contributed by atoms with Crippen molar-refractivity contribution in [2.24, 2.45) is 4.99 Å². The highest BCUT2D eigenvalue weighted by Crippen LogP contribution is 2.36. The van der Waals surface area contributed by atoms with Crippen LogP contribution >= 0.6 is 0 Å². The summed E-state index contributed by atoms with van der Waals surface area (Å²) in [6.45, 7) is 9.82. The van der Waals surface area contributed by atoms with E-state index in [0.717, 1.165) is 50.4 Å². The Balaban J connectivity index is 1.23. The highest BCUT2D eigenvalue weighted by molar-refractivity contribution is 5.96. The smallest absolute Gasteiger partial charge is 0.254 e. The summed E-state index contributed by atoms with van der Waals surface area (Å²) in [5, 5.41) is 12.7. The van der Waals surface area contributed by atoms with Gasteiger partial charge in [0, 0.05) is 57.2 Å². The summed E-state index contributed by atoms with van der Waals surface area (Å²) in [4.78, 5) is 36.9. The summed E-state index contributed by atoms with van der Waals surface area (Å²) >= 11 is 0. The zero-order chi connectivity index (χ0) is 29.5. The first-order chi connectivity index (χ1) is 20.5. The summed E-state index contributed by atoms with van der Waals surface area (Å²) < 4.78 is 0. The topological polar surface area (TPSA) is 114 Å². The predicted octanol–water partition coefficient (Wildman–Crippen LogP) is 3.86. The Morgan fingerprint density at radius 2 is 1.86 bits per heavy atom. The van der Waals surface area contributed by atoms with E-state index in [-0.39, 0.29) is 18.0 Å². The number of aliphatic imine (C=N–C) groups is 1. The molecular formula is C32H39N9O. The van der Waals surface area contributed by atoms with Crippen LogP contribution in [0, 0.1) is 25.3 Å². The number of piperidine rings is 1. The molecule has 2 aromatic heterocycles. The number of nitriles is 1. The first-order valence-corrected chi connectivity index (χ1v) is 14.7. The Morgan fingerprint density at radius 1 is 1.12 bits per heavy atom. The molecule has 0 aliphatic carbocycles. The number of nitrogens with zero attached hydrogens (tertiary/aromatic N) is 8. The van der Waals surface area contributed by atoms with Gasteiger partial charge in [-0.15, -0.1) is 4.99 Å². The number of hydrogen-bond donors (Lipinski definition) is 1. The lowest BCUT2D eigenvalue weighted by Crippen LogP contribution is -2.50. The minimum atomic E-state index is -0.113. The molecule has 3 aromatic rings. The number of guanidine groups is 1. The van der Waals surface area contributed by atoms with E-state index in [2.05, 4.69) is 83.4 Å². The molecule has 2 fully saturated rings. The number of hydrogen-bond acceptors (Lipinski definition) is 7. The second-order valence-corrected chi connectivity index (χ2v) is 11.2. The molecule has 2 atom stereocenters. The number of benzene rings is 1. The summed E-state index contributed by atoms with van der Waals surface area (Å²) in [6.07, 6.45) is 10.0. The van der Waals surface area contributed by atoms with Gasteiger partial charge in [0.25, 0.3) is 5.91 Å². The summed E-state index contributed by atoms with van der Waals surface area (Å²) in [6, 6.07) is 15.3. The Morgan fingerprint density at radius 3 is 2.52 bits per heavy atom. The van der Waals surface area contributed by atoms with Crippen molar-refractivity contribution >= 4 is 11.9 Å². The molecule has 1 amide bonds. The first-order valence-electron chi connectivity index (χ1n) is 14.7. The lowest BCUT2D eigenvalue weighted by Gasteiger charge is -2.42. The normalized spacial score (nSPS) is 19.6. The van der Waals surface area contributed by atoms with Gasteiger partial charge in [-0.05, 0) is 57.2 Å². The average molecular weight is 566 g/mol. The van der Waals surface area contributed by atoms with Crippen molar-refractivity contribution in [3.05, 3.63) is 89.3 Å². The molecule has 2 aliphatic rings. The van der Waals surface area contributed by atoms with Crippen molar-refractivity contribution in [1.82, 2.24) is 35.0 Å². The number of aromatic nitrogens is 3. The number of likely N-dealkylation sites (tertiary alicyclic amines) is 1. The Hall–Kier alpha value is -4.36. The number of amides is 1. The molecule has 42 heavy (non-hydrogen) atoms. The maximum Gasteiger partial charge on any atom is 0.254 e. The number of pyridine rings is 1. The van der Waals surface area contributed by atoms with Gasteiger partial charge in [-0.1, -0.05) is 36.4 Å². The molecule has 0 bridgehead atoms. The molecular weight excluding hydrogens is 526 g/mol. The minimum Gasteiger partial charge on any atom is -0.352 e. The van der Waals surface area contributed by atoms with Crippen molar-refractivity contribution in [2.75, 3.05) is 26.2 Å². The Kier molecular flexibility index (Phi) is 9.39. The van der Waals surface area contributed by atoms with E-state index >= 15 is 0 Å². The van der Waals surface area contributed by atoms with Crippen molar-refractivity contribution in [3.8, 4) is 6.19 Å². The number of rotatable bonds is 9. The van der Waals surface area contributed by atoms with Gasteiger partial charge in [-0.2, -0.15) is 5.26 Å². The number of carbonyl (C=O) groups excluding carboxylic acids is 1. The van der Waals surface area contributed by atoms with Crippen LogP contribution in [-0.2, 0) is 6.54 Å². The second kappa shape index (κ2) is 13.5. The number of nitrogens with one attached hydrogen (secondary N) is 1. The number of carbonyl (C=O) groups is 1. The molecule has 5 rings (SSSR count). The highest BCUT2D eigenvalue weighted by Gasteiger charge is 2.41. The molecule has 2 aliphatic heterocycles. The fourth-order valence-corrected chi connectivity index (χ4v) is 6.25. The van der Waals surface area contributed by atoms with Gasteiger partial charge in [-0.3, -0.25) is 9.78 Å². The van der Waals surface area contributed by atoms with Gasteiger partial charge in [-0.25, -0.2) is 9.97 Å². The molecule has 0 spiro atoms. The van der Waals surface area contributed by atoms with Crippen LogP contribution in [0.4, 0.5) is 0 Å². The standard InChI is InChI=1S/C32H39N9O/c1-23(11-15-35-31(42)30-24(2)37-22-38-25(30)3)39-16-12-28(13-17-39)41-29(27-9-5-4-6-10-27)20-40(32(41)36-21-33)19-26-8-7-14-34-18-26/h4-10,14,18,22-23,28-29H,11-13,15-17,19-20H2,1-3H3,(H,35,42)/b36-32+/t23-,29?/m0/s1. The van der Waals surface area contributed by atoms with Crippen LogP contribution in [0.3, 0.4) is 0 Å². The van der Waals surface area contributed by atoms with Crippen molar-refractivity contribution in [1.29, 1.82) is 5.26 Å². The van der Waals surface area contributed by atoms with Gasteiger partial charge in [0.2, 0.25) is 12.2 Å². The molecule has 1 unspecified atom stereocenters. The maximum absolute atomic E-state index is 12.8. The Bertz CT molecular complexity index is 1390. The molecule has 1 aromatic carbocycles. The SMILES string of the molecule is Cc1ncnc(C)c1C(=O)NCC[C@H](C)N1CCC(N2/C(=N/C#N)N(Cc3cccnc3)CC2c2ccccc2)CC1. The maximum atomic E-state index is 12.8. The van der Waals surface area contributed by atoms with Crippen molar-refractivity contribution in [3.63, 3.8) is 0 Å². The molecule has 0 radical (unpaired) electrons. The van der Waals surface area contributed by atoms with E-state index in [0.29, 0.717) is 36.1 Å². The van der Waals surface area contributed by atoms with Crippen LogP contribution in [0.25, 0.3) is 0 Å². The van der Waals surface area contributed by atoms with Gasteiger partial charge < -0.3 is 20.0 Å². The predicted molar refractivity (Wildman–Crippen MR) is 161 cm³/mol. The second-order valence-electron chi connectivity index (χ2n) is 11.2. The van der Waals surface area contributed by atoms with Crippen LogP contribution < -0.4 is 5.32 Å². The molecule has 4 heterocycles. The van der Waals surface area contributed by atoms with Gasteiger partial charge >= 0.3 is 0 Å². The zero-order valence-corrected chi connectivity index (χ0v) is 24.6. The zero-order valence-electron chi connectivity index (χ0n) is 24.6. The summed E-state index contributed by atoms with van der Waals surface area (Å²) in [5.74, 6) is 0.637. The largest absolute Gasteiger partial charge is 0.352 e. The van der Waals surface area contributed by atoms with Gasteiger partial charge in [0.05, 0.1) is 23.0 Å². The molecule has 2 saturated heterocycles. The molecule has 1 N–H and O–H groups in total. The van der Waals surface area contributed by atoms with E-state index < -0.39 is 0 Å². The third kappa shape index (κ3) is 6.58. The van der Waals surface area contributed by atoms with Crippen LogP contribution in [0.15, 0.2) is 66.2 Å². The summed E-state index contributed by atoms with van der Waals surface area (Å²) in [7, 11) is 0. The van der Waals surface area contributed by atoms with Gasteiger partial charge in [0.15, 0.2) is 0 Å². The highest BCUT2D eigenvalue weighted by atomic mass is 16.1. The molecule has 218 valence electrons. The van der Waals surface area contributed by atoms with E-state index in [4.69, 9.17) is 0 Å². The average Bonchev–Trinajstić information content (AvgIpc) is 3.35. The van der Waals surface area contributed by atoms with Crippen LogP contribution in [0.5, 0.6) is 0 Å². The lowest BCUT2D eigenvalue weighted by atomic mass is 9.98. The third-order valence-corrected chi connectivity index (χ3v) is 8.49. The van der Waals surface area contributed by atoms with Crippen LogP contribution in [-0.4, -0.2) is 79.8 Å². The monoisotopic (exact) mass is 565 g/mol. The third-order valence-electron chi connectivity index (χ3n) is 8.49. The first kappa shape index (κ1) is 29.1. The molecule has 0 saturated carbocycles. The minimum absolute atomic E-state index is 0.113. The van der Waals surface area contributed by atoms with E-state index in [1.165, 1.54) is 11.9 Å². The van der Waals surface area contributed by atoms with E-state index in [1.807, 2.05) is 32.2 Å². The van der Waals surface area contributed by atoms with Gasteiger partial charge in [0.1, 0.15) is 6.33 Å². The summed E-state index contributed by atoms with van der Waals surface area (Å²) in [5.41, 5.74) is 4.29. The van der Waals surface area contributed by atoms with Crippen molar-refractivity contribution in [2.45, 2.75) is 64.7 Å². The van der Waals surface area contributed by atoms with E-state index in [9.17, 15) is 10.1 Å². The molecule has 10 nitrogen and oxygen atoms in total. The molecule has 10 heteroatoms. The van der Waals surface area contributed by atoms with Crippen LogP contribution in [0.1, 0.15) is 65.1 Å².